The van der Waals surface area contributed by atoms with Gasteiger partial charge in [0.1, 0.15) is 11.5 Å². The minimum absolute atomic E-state index is 0.00432. The Morgan fingerprint density at radius 3 is 1.52 bits per heavy atom. The van der Waals surface area contributed by atoms with E-state index in [2.05, 4.69) is 141 Å². The summed E-state index contributed by atoms with van der Waals surface area (Å²) in [6, 6.07) is 36.1. The molecule has 2 heteroatoms. The minimum Gasteiger partial charge on any atom is -0.508 e. The third kappa shape index (κ3) is 5.75. The zero-order valence-electron chi connectivity index (χ0n) is 27.9. The van der Waals surface area contributed by atoms with E-state index >= 15 is 0 Å². The summed E-state index contributed by atoms with van der Waals surface area (Å²) in [4.78, 5) is 0. The molecule has 0 aliphatic heterocycles. The van der Waals surface area contributed by atoms with Gasteiger partial charge in [-0.15, -0.1) is 0 Å². The van der Waals surface area contributed by atoms with Crippen molar-refractivity contribution in [2.45, 2.75) is 85.0 Å². The maximum absolute atomic E-state index is 11.9. The molecule has 0 saturated carbocycles. The fourth-order valence-electron chi connectivity index (χ4n) is 6.82. The van der Waals surface area contributed by atoms with Crippen LogP contribution in [-0.4, -0.2) is 10.2 Å². The molecule has 0 spiro atoms. The van der Waals surface area contributed by atoms with Crippen LogP contribution in [0.4, 0.5) is 0 Å². The number of fused-ring (bicyclic) bond motifs is 1. The lowest BCUT2D eigenvalue weighted by Gasteiger charge is -2.36. The van der Waals surface area contributed by atoms with Crippen LogP contribution in [0.2, 0.25) is 0 Å². The van der Waals surface area contributed by atoms with Gasteiger partial charge in [-0.3, -0.25) is 0 Å². The van der Waals surface area contributed by atoms with Crippen molar-refractivity contribution in [3.63, 3.8) is 0 Å². The Balaban J connectivity index is 1.64. The van der Waals surface area contributed by atoms with Gasteiger partial charge in [-0.2, -0.15) is 0 Å². The minimum atomic E-state index is -0.297. The molecular weight excluding hydrogens is 536 g/mol. The quantitative estimate of drug-likeness (QED) is 0.200. The van der Waals surface area contributed by atoms with Crippen molar-refractivity contribution >= 4 is 10.8 Å². The molecule has 0 bridgehead atoms. The van der Waals surface area contributed by atoms with Crippen molar-refractivity contribution in [2.24, 2.45) is 5.41 Å². The summed E-state index contributed by atoms with van der Waals surface area (Å²) in [7, 11) is 0. The van der Waals surface area contributed by atoms with Crippen molar-refractivity contribution in [1.29, 1.82) is 0 Å². The smallest absolute Gasteiger partial charge is 0.122 e. The van der Waals surface area contributed by atoms with Gasteiger partial charge >= 0.3 is 0 Å². The molecule has 44 heavy (non-hydrogen) atoms. The monoisotopic (exact) mass is 584 g/mol. The second kappa shape index (κ2) is 11.5. The zero-order chi connectivity index (χ0) is 32.0. The predicted octanol–water partition coefficient (Wildman–Crippen LogP) is 11.2. The highest BCUT2D eigenvalue weighted by Gasteiger charge is 2.35. The molecule has 5 rings (SSSR count). The van der Waals surface area contributed by atoms with Crippen molar-refractivity contribution in [1.82, 2.24) is 0 Å². The van der Waals surface area contributed by atoms with Crippen LogP contribution in [0.25, 0.3) is 10.8 Å². The van der Waals surface area contributed by atoms with Gasteiger partial charge in [-0.05, 0) is 67.6 Å². The molecule has 0 fully saturated rings. The third-order valence-corrected chi connectivity index (χ3v) is 9.74. The van der Waals surface area contributed by atoms with Gasteiger partial charge in [0.2, 0.25) is 0 Å². The lowest BCUT2D eigenvalue weighted by atomic mass is 9.68. The van der Waals surface area contributed by atoms with Gasteiger partial charge in [-0.25, -0.2) is 0 Å². The maximum Gasteiger partial charge on any atom is 0.122 e. The molecule has 2 N–H and O–H groups in total. The van der Waals surface area contributed by atoms with Gasteiger partial charge in [-0.1, -0.05) is 153 Å². The lowest BCUT2D eigenvalue weighted by Crippen LogP contribution is -2.24. The topological polar surface area (TPSA) is 40.5 Å². The van der Waals surface area contributed by atoms with Gasteiger partial charge in [0, 0.05) is 22.3 Å². The van der Waals surface area contributed by atoms with E-state index in [1.54, 1.807) is 12.1 Å². The largest absolute Gasteiger partial charge is 0.508 e. The number of aromatic hydroxyl groups is 2. The molecular formula is C42H48O2. The Kier molecular flexibility index (Phi) is 8.18. The average molecular weight is 585 g/mol. The first-order valence-corrected chi connectivity index (χ1v) is 15.9. The van der Waals surface area contributed by atoms with Crippen molar-refractivity contribution < 1.29 is 10.2 Å². The van der Waals surface area contributed by atoms with E-state index < -0.39 is 0 Å². The standard InChI is InChI=1S/C42H48O2/c1-27(2)36-25-32(42(8,9)30-19-17-29(18-20-30)41(6,7)31-21-23-33(43)24-22-31)26-37(39(36)44)38(40(3,4)5)35-16-12-14-28-13-10-11-15-34(28)35/h10-27,38,43-44H,1-9H3. The highest BCUT2D eigenvalue weighted by atomic mass is 16.3. The summed E-state index contributed by atoms with van der Waals surface area (Å²) in [5, 5.41) is 24.2. The number of rotatable bonds is 7. The number of phenols is 2. The fraction of sp³-hybridized carbons (Fsp3) is 0.333. The number of phenolic OH excluding ortho intramolecular Hbond substituents is 2. The molecule has 0 aromatic heterocycles. The first-order valence-electron chi connectivity index (χ1n) is 15.9. The van der Waals surface area contributed by atoms with E-state index in [-0.39, 0.29) is 33.8 Å². The number of hydrogen-bond acceptors (Lipinski definition) is 2. The van der Waals surface area contributed by atoms with E-state index in [9.17, 15) is 10.2 Å². The molecule has 5 aromatic rings. The molecule has 5 aromatic carbocycles. The maximum atomic E-state index is 11.9. The van der Waals surface area contributed by atoms with E-state index in [0.29, 0.717) is 5.75 Å². The summed E-state index contributed by atoms with van der Waals surface area (Å²) in [6.45, 7) is 20.2. The van der Waals surface area contributed by atoms with Crippen LogP contribution in [0.1, 0.15) is 113 Å². The summed E-state index contributed by atoms with van der Waals surface area (Å²) >= 11 is 0. The zero-order valence-corrected chi connectivity index (χ0v) is 27.9. The van der Waals surface area contributed by atoms with Gasteiger partial charge in [0.05, 0.1) is 0 Å². The highest BCUT2D eigenvalue weighted by Crippen LogP contribution is 2.49. The summed E-state index contributed by atoms with van der Waals surface area (Å²) in [5.74, 6) is 0.865. The van der Waals surface area contributed by atoms with Gasteiger partial charge < -0.3 is 10.2 Å². The Morgan fingerprint density at radius 2 is 0.977 bits per heavy atom. The Morgan fingerprint density at radius 1 is 0.500 bits per heavy atom. The Labute approximate surface area is 264 Å². The molecule has 228 valence electrons. The van der Waals surface area contributed by atoms with Crippen LogP contribution >= 0.6 is 0 Å². The fourth-order valence-corrected chi connectivity index (χ4v) is 6.82. The predicted molar refractivity (Wildman–Crippen MR) is 186 cm³/mol. The van der Waals surface area contributed by atoms with Crippen molar-refractivity contribution in [3.05, 3.63) is 142 Å². The normalized spacial score (nSPS) is 13.4. The van der Waals surface area contributed by atoms with E-state index in [1.165, 1.54) is 33.0 Å². The molecule has 1 atom stereocenters. The molecule has 0 amide bonds. The second-order valence-electron chi connectivity index (χ2n) is 14.9. The molecule has 0 heterocycles. The van der Waals surface area contributed by atoms with E-state index in [0.717, 1.165) is 16.7 Å². The van der Waals surface area contributed by atoms with Crippen LogP contribution < -0.4 is 0 Å². The lowest BCUT2D eigenvalue weighted by molar-refractivity contribution is 0.347. The van der Waals surface area contributed by atoms with E-state index in [1.807, 2.05) is 12.1 Å². The molecule has 0 saturated heterocycles. The summed E-state index contributed by atoms with van der Waals surface area (Å²) in [5.41, 5.74) is 7.41. The van der Waals surface area contributed by atoms with E-state index in [4.69, 9.17) is 0 Å². The average Bonchev–Trinajstić information content (AvgIpc) is 2.97. The second-order valence-corrected chi connectivity index (χ2v) is 14.9. The third-order valence-electron chi connectivity index (χ3n) is 9.74. The molecule has 2 nitrogen and oxygen atoms in total. The summed E-state index contributed by atoms with van der Waals surface area (Å²) < 4.78 is 0. The SMILES string of the molecule is CC(C)c1cc(C(C)(C)c2ccc(C(C)(C)c3ccc(O)cc3)cc2)cc(C(c2cccc3ccccc23)C(C)(C)C)c1O. The summed E-state index contributed by atoms with van der Waals surface area (Å²) in [6.07, 6.45) is 0. The molecule has 0 aliphatic carbocycles. The number of hydrogen-bond donors (Lipinski definition) is 2. The Bertz CT molecular complexity index is 1760. The van der Waals surface area contributed by atoms with Crippen LogP contribution in [0.3, 0.4) is 0 Å². The van der Waals surface area contributed by atoms with Crippen LogP contribution in [-0.2, 0) is 10.8 Å². The molecule has 0 aliphatic rings. The van der Waals surface area contributed by atoms with Crippen LogP contribution in [0.15, 0.2) is 103 Å². The first-order chi connectivity index (χ1) is 20.6. The molecule has 1 unspecified atom stereocenters. The van der Waals surface area contributed by atoms with Crippen LogP contribution in [0.5, 0.6) is 11.5 Å². The highest BCUT2D eigenvalue weighted by molar-refractivity contribution is 5.87. The van der Waals surface area contributed by atoms with Crippen LogP contribution in [0, 0.1) is 5.41 Å². The van der Waals surface area contributed by atoms with Gasteiger partial charge in [0.15, 0.2) is 0 Å². The molecule has 0 radical (unpaired) electrons. The van der Waals surface area contributed by atoms with Gasteiger partial charge in [0.25, 0.3) is 0 Å². The first kappa shape index (κ1) is 31.4. The Hall–Kier alpha value is -4.04. The number of benzene rings is 5. The van der Waals surface area contributed by atoms with Crippen molar-refractivity contribution in [2.75, 3.05) is 0 Å². The van der Waals surface area contributed by atoms with Crippen molar-refractivity contribution in [3.8, 4) is 11.5 Å².